The van der Waals surface area contributed by atoms with Crippen LogP contribution in [-0.2, 0) is 4.79 Å². The molecule has 2 rings (SSSR count). The molecule has 1 aliphatic rings. The Morgan fingerprint density at radius 3 is 2.73 bits per heavy atom. The zero-order valence-corrected chi connectivity index (χ0v) is 16.1. The molecule has 0 aliphatic carbocycles. The van der Waals surface area contributed by atoms with Gasteiger partial charge in [0.05, 0.1) is 26.3 Å². The number of carbonyl (C=O) groups is 2. The highest BCUT2D eigenvalue weighted by atomic mass is 16.5. The number of carbonyl (C=O) groups excluding carboxylic acids is 2. The number of hydrogen-bond donors (Lipinski definition) is 3. The maximum Gasteiger partial charge on any atom is 0.321 e. The van der Waals surface area contributed by atoms with Crippen LogP contribution in [0.4, 0.5) is 4.79 Å². The van der Waals surface area contributed by atoms with Crippen molar-refractivity contribution in [2.24, 2.45) is 0 Å². The van der Waals surface area contributed by atoms with Gasteiger partial charge in [-0.05, 0) is 31.5 Å². The summed E-state index contributed by atoms with van der Waals surface area (Å²) in [5.41, 5.74) is 1.04. The van der Waals surface area contributed by atoms with Gasteiger partial charge >= 0.3 is 6.03 Å². The molecule has 1 heterocycles. The van der Waals surface area contributed by atoms with Crippen molar-refractivity contribution in [3.05, 3.63) is 23.8 Å². The number of quaternary nitrogens is 1. The van der Waals surface area contributed by atoms with Gasteiger partial charge in [0, 0.05) is 18.9 Å². The van der Waals surface area contributed by atoms with Gasteiger partial charge in [0.2, 0.25) is 0 Å². The van der Waals surface area contributed by atoms with Crippen LogP contribution in [0.25, 0.3) is 0 Å². The van der Waals surface area contributed by atoms with Crippen molar-refractivity contribution >= 4 is 11.9 Å². The summed E-state index contributed by atoms with van der Waals surface area (Å²) in [7, 11) is 3.28. The van der Waals surface area contributed by atoms with E-state index >= 15 is 0 Å². The van der Waals surface area contributed by atoms with Crippen molar-refractivity contribution < 1.29 is 24.0 Å². The van der Waals surface area contributed by atoms with E-state index < -0.39 is 6.03 Å². The molecular formula is C19H30N3O4+. The molecule has 0 radical (unpaired) electrons. The van der Waals surface area contributed by atoms with Crippen molar-refractivity contribution in [1.82, 2.24) is 10.6 Å². The summed E-state index contributed by atoms with van der Waals surface area (Å²) in [5, 5.41) is 5.17. The third kappa shape index (κ3) is 5.11. The summed E-state index contributed by atoms with van der Waals surface area (Å²) in [6.07, 6.45) is 2.80. The highest BCUT2D eigenvalue weighted by molar-refractivity contribution is 5.94. The molecule has 3 N–H and O–H groups in total. The predicted molar refractivity (Wildman–Crippen MR) is 98.6 cm³/mol. The molecular weight excluding hydrogens is 334 g/mol. The number of urea groups is 1. The van der Waals surface area contributed by atoms with E-state index in [1.165, 1.54) is 0 Å². The van der Waals surface area contributed by atoms with Crippen LogP contribution in [0.2, 0.25) is 0 Å². The van der Waals surface area contributed by atoms with Gasteiger partial charge in [-0.15, -0.1) is 0 Å². The number of likely N-dealkylation sites (tertiary alicyclic amines) is 1. The maximum atomic E-state index is 12.3. The van der Waals surface area contributed by atoms with E-state index in [-0.39, 0.29) is 24.5 Å². The lowest BCUT2D eigenvalue weighted by Gasteiger charge is -2.23. The number of benzene rings is 1. The summed E-state index contributed by atoms with van der Waals surface area (Å²) in [4.78, 5) is 25.3. The topological polar surface area (TPSA) is 81.1 Å². The van der Waals surface area contributed by atoms with E-state index in [1.54, 1.807) is 14.2 Å². The molecule has 0 spiro atoms. The number of methoxy groups -OCH3 is 2. The lowest BCUT2D eigenvalue weighted by atomic mass is 10.0. The SMILES string of the molecule is CC[C@@H](C)NC(=O)NC(=O)C[NH+]1CCC[C@@H]1c1cc(OC)ccc1OC. The van der Waals surface area contributed by atoms with Crippen LogP contribution in [0.1, 0.15) is 44.7 Å². The molecule has 0 saturated carbocycles. The van der Waals surface area contributed by atoms with Gasteiger partial charge in [0.25, 0.3) is 5.91 Å². The first-order chi connectivity index (χ1) is 12.5. The molecule has 0 bridgehead atoms. The van der Waals surface area contributed by atoms with E-state index in [4.69, 9.17) is 9.47 Å². The second kappa shape index (κ2) is 9.43. The number of nitrogens with one attached hydrogen (secondary N) is 3. The second-order valence-corrected chi connectivity index (χ2v) is 6.72. The number of ether oxygens (including phenoxy) is 2. The van der Waals surface area contributed by atoms with E-state index in [0.29, 0.717) is 0 Å². The molecule has 1 aromatic carbocycles. The lowest BCUT2D eigenvalue weighted by molar-refractivity contribution is -0.910. The third-order valence-corrected chi connectivity index (χ3v) is 4.93. The largest absolute Gasteiger partial charge is 0.497 e. The Bertz CT molecular complexity index is 635. The Labute approximate surface area is 155 Å². The lowest BCUT2D eigenvalue weighted by Crippen LogP contribution is -3.11. The van der Waals surface area contributed by atoms with Gasteiger partial charge < -0.3 is 19.7 Å². The molecule has 3 amide bonds. The number of imide groups is 1. The Morgan fingerprint density at radius 1 is 1.31 bits per heavy atom. The van der Waals surface area contributed by atoms with Gasteiger partial charge in [-0.2, -0.15) is 0 Å². The van der Waals surface area contributed by atoms with Crippen molar-refractivity contribution in [2.75, 3.05) is 27.3 Å². The van der Waals surface area contributed by atoms with Crippen LogP contribution < -0.4 is 25.0 Å². The summed E-state index contributed by atoms with van der Waals surface area (Å²) < 4.78 is 10.8. The maximum absolute atomic E-state index is 12.3. The molecule has 1 fully saturated rings. The van der Waals surface area contributed by atoms with Gasteiger partial charge in [-0.3, -0.25) is 10.1 Å². The summed E-state index contributed by atoms with van der Waals surface area (Å²) in [6.45, 7) is 5.01. The first-order valence-corrected chi connectivity index (χ1v) is 9.15. The fourth-order valence-electron chi connectivity index (χ4n) is 3.35. The van der Waals surface area contributed by atoms with Crippen LogP contribution in [-0.4, -0.2) is 45.3 Å². The Kier molecular flexibility index (Phi) is 7.26. The number of rotatable bonds is 7. The van der Waals surface area contributed by atoms with Crippen molar-refractivity contribution in [3.8, 4) is 11.5 Å². The second-order valence-electron chi connectivity index (χ2n) is 6.72. The quantitative estimate of drug-likeness (QED) is 0.676. The van der Waals surface area contributed by atoms with Gasteiger partial charge in [0.15, 0.2) is 6.54 Å². The Balaban J connectivity index is 2.04. The molecule has 0 aromatic heterocycles. The summed E-state index contributed by atoms with van der Waals surface area (Å²) in [5.74, 6) is 1.30. The van der Waals surface area contributed by atoms with Crippen molar-refractivity contribution in [2.45, 2.75) is 45.2 Å². The summed E-state index contributed by atoms with van der Waals surface area (Å²) >= 11 is 0. The average molecular weight is 364 g/mol. The fraction of sp³-hybridized carbons (Fsp3) is 0.579. The van der Waals surface area contributed by atoms with Gasteiger partial charge in [-0.25, -0.2) is 4.79 Å². The molecule has 1 unspecified atom stereocenters. The zero-order valence-electron chi connectivity index (χ0n) is 16.1. The van der Waals surface area contributed by atoms with E-state index in [2.05, 4.69) is 10.6 Å². The smallest absolute Gasteiger partial charge is 0.321 e. The zero-order chi connectivity index (χ0) is 19.1. The minimum absolute atomic E-state index is 0.0377. The molecule has 1 saturated heterocycles. The van der Waals surface area contributed by atoms with Crippen LogP contribution >= 0.6 is 0 Å². The highest BCUT2D eigenvalue weighted by Gasteiger charge is 2.34. The van der Waals surface area contributed by atoms with Crippen molar-refractivity contribution in [1.29, 1.82) is 0 Å². The normalized spacial score (nSPS) is 20.3. The van der Waals surface area contributed by atoms with Gasteiger partial charge in [-0.1, -0.05) is 6.92 Å². The van der Waals surface area contributed by atoms with E-state index in [0.717, 1.165) is 47.8 Å². The first kappa shape index (κ1) is 20.0. The Morgan fingerprint density at radius 2 is 2.08 bits per heavy atom. The molecule has 1 aliphatic heterocycles. The van der Waals surface area contributed by atoms with E-state index in [1.807, 2.05) is 32.0 Å². The minimum atomic E-state index is -0.432. The van der Waals surface area contributed by atoms with Crippen molar-refractivity contribution in [3.63, 3.8) is 0 Å². The van der Waals surface area contributed by atoms with E-state index in [9.17, 15) is 9.59 Å². The fourth-order valence-corrected chi connectivity index (χ4v) is 3.35. The molecule has 144 valence electrons. The number of amides is 3. The van der Waals surface area contributed by atoms with Gasteiger partial charge in [0.1, 0.15) is 17.5 Å². The van der Waals surface area contributed by atoms with Crippen LogP contribution in [0.5, 0.6) is 11.5 Å². The standard InChI is InChI=1S/C19H29N3O4/c1-5-13(2)20-19(24)21-18(23)12-22-10-6-7-16(22)15-11-14(25-3)8-9-17(15)26-4/h8-9,11,13,16H,5-7,10,12H2,1-4H3,(H2,20,21,23,24)/p+1/t13-,16-/m1/s1. The Hall–Kier alpha value is -2.28. The first-order valence-electron chi connectivity index (χ1n) is 9.15. The average Bonchev–Trinajstić information content (AvgIpc) is 3.08. The molecule has 7 heteroatoms. The van der Waals surface area contributed by atoms with Crippen LogP contribution in [0.15, 0.2) is 18.2 Å². The molecule has 3 atom stereocenters. The molecule has 7 nitrogen and oxygen atoms in total. The molecule has 1 aromatic rings. The summed E-state index contributed by atoms with van der Waals surface area (Å²) in [6, 6.07) is 5.48. The van der Waals surface area contributed by atoms with Crippen LogP contribution in [0.3, 0.4) is 0 Å². The molecule has 26 heavy (non-hydrogen) atoms. The minimum Gasteiger partial charge on any atom is -0.497 e. The third-order valence-electron chi connectivity index (χ3n) is 4.93. The monoisotopic (exact) mass is 364 g/mol. The highest BCUT2D eigenvalue weighted by Crippen LogP contribution is 2.31. The number of hydrogen-bond acceptors (Lipinski definition) is 4. The van der Waals surface area contributed by atoms with Crippen LogP contribution in [0, 0.1) is 0 Å². The predicted octanol–water partition coefficient (Wildman–Crippen LogP) is 1.05.